The molecule has 0 unspecified atom stereocenters. The Hall–Kier alpha value is -2.13. The second-order valence-electron chi connectivity index (χ2n) is 5.33. The molecule has 1 saturated carbocycles. The van der Waals surface area contributed by atoms with Gasteiger partial charge in [-0.3, -0.25) is 24.0 Å². The van der Waals surface area contributed by atoms with Crippen LogP contribution in [0.5, 0.6) is 0 Å². The third-order valence-corrected chi connectivity index (χ3v) is 3.90. The lowest BCUT2D eigenvalue weighted by Gasteiger charge is -2.30. The van der Waals surface area contributed by atoms with Crippen LogP contribution >= 0.6 is 0 Å². The number of hydrogen-bond donors (Lipinski definition) is 1. The molecule has 0 aromatic carbocycles. The van der Waals surface area contributed by atoms with E-state index in [0.29, 0.717) is 12.8 Å². The van der Waals surface area contributed by atoms with Crippen molar-refractivity contribution in [3.63, 3.8) is 0 Å². The highest BCUT2D eigenvalue weighted by Gasteiger charge is 2.49. The molecule has 1 aliphatic carbocycles. The van der Waals surface area contributed by atoms with E-state index in [4.69, 9.17) is 4.74 Å². The minimum atomic E-state index is -1.98. The maximum absolute atomic E-state index is 11.8. The summed E-state index contributed by atoms with van der Waals surface area (Å²) in [4.78, 5) is 70.7. The molecule has 9 nitrogen and oxygen atoms in total. The number of ketones is 5. The summed E-state index contributed by atoms with van der Waals surface area (Å²) in [6.45, 7) is 4.41. The van der Waals surface area contributed by atoms with Gasteiger partial charge in [0.1, 0.15) is 6.10 Å². The molecule has 0 aromatic heterocycles. The first-order valence-electron chi connectivity index (χ1n) is 7.25. The third-order valence-electron chi connectivity index (χ3n) is 3.90. The minimum Gasteiger partial charge on any atom is -1.00 e. The Labute approximate surface area is 143 Å². The highest BCUT2D eigenvalue weighted by molar-refractivity contribution is 6.92. The van der Waals surface area contributed by atoms with Gasteiger partial charge in [0.05, 0.1) is 0 Å². The number of hydrogen-bond acceptors (Lipinski definition) is 8. The Morgan fingerprint density at radius 1 is 1.04 bits per heavy atom. The van der Waals surface area contributed by atoms with Crippen molar-refractivity contribution in [3.8, 4) is 0 Å². The first kappa shape index (κ1) is 19.9. The molecule has 1 amide bonds. The Balaban J connectivity index is 0.00000288. The minimum absolute atomic E-state index is 0. The molecule has 2 rings (SSSR count). The number of carbonyl (C=O) groups is 6. The van der Waals surface area contributed by atoms with Crippen molar-refractivity contribution in [2.24, 2.45) is 0 Å². The standard InChI is InChI=1S/C14H16N2O7.ClH/c1-2-16-5-3-7(4-6-16)23-14(22)15-8-9(17)11(19)13(21)12(20)10(8)18;/h7-8H,2-6H2,1H3,(H,15,22);1H/p-1. The largest absolute Gasteiger partial charge is 1.00 e. The number of alkyl carbamates (subject to hydrolysis) is 1. The van der Waals surface area contributed by atoms with Crippen molar-refractivity contribution < 1.29 is 45.9 Å². The maximum Gasteiger partial charge on any atom is 0.408 e. The highest BCUT2D eigenvalue weighted by atomic mass is 35.5. The summed E-state index contributed by atoms with van der Waals surface area (Å²) < 4.78 is 5.09. The molecular formula is C14H16ClN2O7-. The number of carbonyl (C=O) groups excluding carboxylic acids is 6. The van der Waals surface area contributed by atoms with Crippen LogP contribution in [0, 0.1) is 0 Å². The van der Waals surface area contributed by atoms with Crippen molar-refractivity contribution in [1.29, 1.82) is 0 Å². The first-order valence-corrected chi connectivity index (χ1v) is 7.25. The smallest absolute Gasteiger partial charge is 0.408 e. The van der Waals surface area contributed by atoms with Crippen molar-refractivity contribution in [2.45, 2.75) is 31.9 Å². The molecule has 1 N–H and O–H groups in total. The first-order chi connectivity index (χ1) is 10.8. The monoisotopic (exact) mass is 359 g/mol. The highest BCUT2D eigenvalue weighted by Crippen LogP contribution is 2.14. The predicted molar refractivity (Wildman–Crippen MR) is 73.6 cm³/mol. The normalized spacial score (nSPS) is 20.8. The quantitative estimate of drug-likeness (QED) is 0.394. The van der Waals surface area contributed by atoms with Gasteiger partial charge in [0, 0.05) is 13.1 Å². The van der Waals surface area contributed by atoms with Crippen LogP contribution in [-0.2, 0) is 28.7 Å². The van der Waals surface area contributed by atoms with Gasteiger partial charge in [-0.15, -0.1) is 0 Å². The lowest BCUT2D eigenvalue weighted by molar-refractivity contribution is -0.156. The van der Waals surface area contributed by atoms with Crippen molar-refractivity contribution >= 4 is 35.0 Å². The van der Waals surface area contributed by atoms with Crippen LogP contribution in [0.15, 0.2) is 0 Å². The Kier molecular flexibility index (Phi) is 6.73. The number of amides is 1. The average Bonchev–Trinajstić information content (AvgIpc) is 2.56. The zero-order valence-corrected chi connectivity index (χ0v) is 13.6. The zero-order chi connectivity index (χ0) is 17.1. The summed E-state index contributed by atoms with van der Waals surface area (Å²) in [5, 5.41) is 1.90. The fourth-order valence-electron chi connectivity index (χ4n) is 2.49. The number of rotatable bonds is 3. The lowest BCUT2D eigenvalue weighted by atomic mass is 9.89. The Morgan fingerprint density at radius 2 is 1.54 bits per heavy atom. The molecule has 10 heteroatoms. The van der Waals surface area contributed by atoms with Crippen LogP contribution in [0.3, 0.4) is 0 Å². The van der Waals surface area contributed by atoms with Gasteiger partial charge in [-0.1, -0.05) is 6.92 Å². The summed E-state index contributed by atoms with van der Waals surface area (Å²) in [7, 11) is 0. The van der Waals surface area contributed by atoms with Crippen LogP contribution < -0.4 is 17.7 Å². The number of halogens is 1. The number of Topliss-reactive ketones (excluding diaryl/α,β-unsaturated/α-hetero) is 5. The molecule has 0 spiro atoms. The number of piperidine rings is 1. The van der Waals surface area contributed by atoms with Gasteiger partial charge >= 0.3 is 6.09 Å². The molecule has 24 heavy (non-hydrogen) atoms. The SMILES string of the molecule is CCN1CCC(OC(=O)NC2C(=O)C(=O)C(=O)C(=O)C2=O)CC1.[Cl-]. The molecule has 0 radical (unpaired) electrons. The van der Waals surface area contributed by atoms with E-state index in [2.05, 4.69) is 4.90 Å². The van der Waals surface area contributed by atoms with Crippen LogP contribution in [-0.4, -0.2) is 71.7 Å². The fourth-order valence-corrected chi connectivity index (χ4v) is 2.49. The van der Waals surface area contributed by atoms with Crippen molar-refractivity contribution in [2.75, 3.05) is 19.6 Å². The van der Waals surface area contributed by atoms with E-state index in [9.17, 15) is 28.8 Å². The van der Waals surface area contributed by atoms with Gasteiger partial charge in [0.25, 0.3) is 17.3 Å². The van der Waals surface area contributed by atoms with Gasteiger partial charge < -0.3 is 27.4 Å². The Morgan fingerprint density at radius 3 is 2.00 bits per heavy atom. The molecule has 1 saturated heterocycles. The van der Waals surface area contributed by atoms with Crippen LogP contribution in [0.1, 0.15) is 19.8 Å². The second kappa shape index (κ2) is 8.11. The van der Waals surface area contributed by atoms with Crippen LogP contribution in [0.25, 0.3) is 0 Å². The molecule has 132 valence electrons. The molecular weight excluding hydrogens is 344 g/mol. The van der Waals surface area contributed by atoms with E-state index < -0.39 is 41.1 Å². The van der Waals surface area contributed by atoms with Crippen molar-refractivity contribution in [1.82, 2.24) is 10.2 Å². The van der Waals surface area contributed by atoms with E-state index in [0.717, 1.165) is 19.6 Å². The van der Waals surface area contributed by atoms with Gasteiger partial charge in [-0.05, 0) is 19.4 Å². The fraction of sp³-hybridized carbons (Fsp3) is 0.571. The molecule has 1 aliphatic heterocycles. The zero-order valence-electron chi connectivity index (χ0n) is 12.9. The topological polar surface area (TPSA) is 127 Å². The molecule has 0 atom stereocenters. The lowest BCUT2D eigenvalue weighted by Crippen LogP contribution is -3.00. The van der Waals surface area contributed by atoms with Crippen molar-refractivity contribution in [3.05, 3.63) is 0 Å². The molecule has 0 aromatic rings. The van der Waals surface area contributed by atoms with Crippen LogP contribution in [0.2, 0.25) is 0 Å². The predicted octanol–water partition coefficient (Wildman–Crippen LogP) is -4.57. The number of nitrogens with one attached hydrogen (secondary N) is 1. The summed E-state index contributed by atoms with van der Waals surface area (Å²) in [6, 6.07) is -1.98. The van der Waals surface area contributed by atoms with Gasteiger partial charge in [0.2, 0.25) is 11.6 Å². The third kappa shape index (κ3) is 4.04. The molecule has 2 aliphatic rings. The molecule has 1 heterocycles. The summed E-state index contributed by atoms with van der Waals surface area (Å²) in [5.41, 5.74) is 0. The van der Waals surface area contributed by atoms with E-state index in [1.165, 1.54) is 0 Å². The van der Waals surface area contributed by atoms with E-state index in [1.807, 2.05) is 12.2 Å². The maximum atomic E-state index is 11.8. The number of ether oxygens (including phenoxy) is 1. The van der Waals surface area contributed by atoms with E-state index in [-0.39, 0.29) is 18.5 Å². The number of nitrogens with zero attached hydrogens (tertiary/aromatic N) is 1. The van der Waals surface area contributed by atoms with Gasteiger partial charge in [0.15, 0.2) is 6.04 Å². The molecule has 0 bridgehead atoms. The number of likely N-dealkylation sites (tertiary alicyclic amines) is 1. The average molecular weight is 360 g/mol. The van der Waals surface area contributed by atoms with E-state index >= 15 is 0 Å². The molecule has 2 fully saturated rings. The second-order valence-corrected chi connectivity index (χ2v) is 5.33. The van der Waals surface area contributed by atoms with E-state index in [1.54, 1.807) is 0 Å². The van der Waals surface area contributed by atoms with Gasteiger partial charge in [-0.25, -0.2) is 4.79 Å². The summed E-state index contributed by atoms with van der Waals surface area (Å²) in [5.74, 6) is -7.71. The summed E-state index contributed by atoms with van der Waals surface area (Å²) >= 11 is 0. The Bertz CT molecular complexity index is 566. The van der Waals surface area contributed by atoms with Crippen LogP contribution in [0.4, 0.5) is 4.79 Å². The van der Waals surface area contributed by atoms with Gasteiger partial charge in [-0.2, -0.15) is 0 Å². The summed E-state index contributed by atoms with van der Waals surface area (Å²) in [6.07, 6.45) is -0.241.